The largest absolute Gasteiger partial charge is 0.481 e. The molecule has 0 radical (unpaired) electrons. The second-order valence-corrected chi connectivity index (χ2v) is 6.92. The molecule has 2 heterocycles. The van der Waals surface area contributed by atoms with Crippen LogP contribution in [0.4, 0.5) is 0 Å². The first-order valence-corrected chi connectivity index (χ1v) is 8.37. The van der Waals surface area contributed by atoms with Crippen LogP contribution in [0, 0.1) is 5.92 Å². The molecule has 122 valence electrons. The number of carbonyl (C=O) groups is 2. The lowest BCUT2D eigenvalue weighted by molar-refractivity contribution is -0.137. The summed E-state index contributed by atoms with van der Waals surface area (Å²) in [7, 11) is 0. The van der Waals surface area contributed by atoms with E-state index < -0.39 is 5.97 Å². The number of hydrogen-bond acceptors (Lipinski definition) is 5. The molecule has 0 saturated carbocycles. The maximum atomic E-state index is 12.6. The predicted octanol–water partition coefficient (Wildman–Crippen LogP) is 2.57. The molecule has 2 rings (SSSR count). The zero-order valence-corrected chi connectivity index (χ0v) is 13.8. The SMILES string of the molecule is CC(C)CN(CCC(=O)O)C(=O)c1cnc(C2CCCO2)s1. The molecule has 0 spiro atoms. The third-order valence-electron chi connectivity index (χ3n) is 3.41. The van der Waals surface area contributed by atoms with Crippen LogP contribution >= 0.6 is 11.3 Å². The Labute approximate surface area is 134 Å². The van der Waals surface area contributed by atoms with Gasteiger partial charge in [0.15, 0.2) is 0 Å². The predicted molar refractivity (Wildman–Crippen MR) is 83.0 cm³/mol. The number of amides is 1. The van der Waals surface area contributed by atoms with Crippen molar-refractivity contribution in [3.8, 4) is 0 Å². The van der Waals surface area contributed by atoms with Gasteiger partial charge in [-0.05, 0) is 18.8 Å². The van der Waals surface area contributed by atoms with E-state index in [4.69, 9.17) is 9.84 Å². The fourth-order valence-electron chi connectivity index (χ4n) is 2.41. The number of rotatable bonds is 7. The van der Waals surface area contributed by atoms with Crippen LogP contribution in [0.3, 0.4) is 0 Å². The second-order valence-electron chi connectivity index (χ2n) is 5.85. The van der Waals surface area contributed by atoms with Crippen LogP contribution in [0.2, 0.25) is 0 Å². The summed E-state index contributed by atoms with van der Waals surface area (Å²) in [6.07, 6.45) is 3.50. The summed E-state index contributed by atoms with van der Waals surface area (Å²) < 4.78 is 5.58. The number of carboxylic acid groups (broad SMARTS) is 1. The molecule has 1 N–H and O–H groups in total. The molecule has 7 heteroatoms. The van der Waals surface area contributed by atoms with E-state index in [9.17, 15) is 9.59 Å². The van der Waals surface area contributed by atoms with Crippen molar-refractivity contribution in [1.29, 1.82) is 0 Å². The zero-order chi connectivity index (χ0) is 16.1. The zero-order valence-electron chi connectivity index (χ0n) is 12.9. The van der Waals surface area contributed by atoms with Crippen molar-refractivity contribution in [2.75, 3.05) is 19.7 Å². The van der Waals surface area contributed by atoms with E-state index in [1.54, 1.807) is 11.1 Å². The molecule has 6 nitrogen and oxygen atoms in total. The van der Waals surface area contributed by atoms with Crippen molar-refractivity contribution in [3.05, 3.63) is 16.1 Å². The fourth-order valence-corrected chi connectivity index (χ4v) is 3.38. The maximum Gasteiger partial charge on any atom is 0.305 e. The molecule has 1 unspecified atom stereocenters. The maximum absolute atomic E-state index is 12.6. The van der Waals surface area contributed by atoms with Crippen LogP contribution in [-0.4, -0.2) is 46.6 Å². The summed E-state index contributed by atoms with van der Waals surface area (Å²) >= 11 is 1.35. The Morgan fingerprint density at radius 3 is 2.91 bits per heavy atom. The first kappa shape index (κ1) is 16.9. The van der Waals surface area contributed by atoms with Gasteiger partial charge >= 0.3 is 5.97 Å². The number of aliphatic carboxylic acids is 1. The van der Waals surface area contributed by atoms with E-state index in [1.807, 2.05) is 13.8 Å². The molecule has 0 bridgehead atoms. The highest BCUT2D eigenvalue weighted by Gasteiger charge is 2.25. The van der Waals surface area contributed by atoms with Crippen molar-refractivity contribution in [3.63, 3.8) is 0 Å². The molecule has 1 fully saturated rings. The molecule has 1 saturated heterocycles. The number of carbonyl (C=O) groups excluding carboxylic acids is 1. The number of aromatic nitrogens is 1. The summed E-state index contributed by atoms with van der Waals surface area (Å²) in [5.41, 5.74) is 0. The summed E-state index contributed by atoms with van der Waals surface area (Å²) in [5.74, 6) is -0.758. The van der Waals surface area contributed by atoms with Crippen molar-refractivity contribution in [2.24, 2.45) is 5.92 Å². The normalized spacial score (nSPS) is 17.9. The fraction of sp³-hybridized carbons (Fsp3) is 0.667. The second kappa shape index (κ2) is 7.69. The minimum Gasteiger partial charge on any atom is -0.481 e. The molecule has 22 heavy (non-hydrogen) atoms. The number of hydrogen-bond donors (Lipinski definition) is 1. The Morgan fingerprint density at radius 2 is 2.32 bits per heavy atom. The van der Waals surface area contributed by atoms with Crippen molar-refractivity contribution in [2.45, 2.75) is 39.2 Å². The number of nitrogens with zero attached hydrogens (tertiary/aromatic N) is 2. The van der Waals surface area contributed by atoms with Crippen LogP contribution in [0.15, 0.2) is 6.20 Å². The van der Waals surface area contributed by atoms with Crippen LogP contribution in [-0.2, 0) is 9.53 Å². The van der Waals surface area contributed by atoms with Crippen molar-refractivity contribution >= 4 is 23.2 Å². The van der Waals surface area contributed by atoms with Crippen LogP contribution < -0.4 is 0 Å². The summed E-state index contributed by atoms with van der Waals surface area (Å²) in [6.45, 7) is 5.52. The highest BCUT2D eigenvalue weighted by molar-refractivity contribution is 7.13. The van der Waals surface area contributed by atoms with Crippen LogP contribution in [0.25, 0.3) is 0 Å². The average molecular weight is 326 g/mol. The van der Waals surface area contributed by atoms with Gasteiger partial charge in [-0.2, -0.15) is 0 Å². The van der Waals surface area contributed by atoms with Gasteiger partial charge in [0.2, 0.25) is 0 Å². The van der Waals surface area contributed by atoms with Crippen molar-refractivity contribution in [1.82, 2.24) is 9.88 Å². The Kier molecular flexibility index (Phi) is 5.90. The van der Waals surface area contributed by atoms with E-state index in [0.29, 0.717) is 11.4 Å². The summed E-state index contributed by atoms with van der Waals surface area (Å²) in [4.78, 5) is 29.8. The molecule has 1 aromatic heterocycles. The van der Waals surface area contributed by atoms with Gasteiger partial charge in [-0.15, -0.1) is 11.3 Å². The lowest BCUT2D eigenvalue weighted by Gasteiger charge is -2.23. The van der Waals surface area contributed by atoms with Gasteiger partial charge in [0, 0.05) is 19.7 Å². The first-order valence-electron chi connectivity index (χ1n) is 7.55. The minimum absolute atomic E-state index is 0.00381. The molecule has 1 aromatic rings. The average Bonchev–Trinajstić information content (AvgIpc) is 3.11. The van der Waals surface area contributed by atoms with Gasteiger partial charge in [0.05, 0.1) is 12.6 Å². The molecule has 0 aromatic carbocycles. The van der Waals surface area contributed by atoms with Gasteiger partial charge < -0.3 is 14.7 Å². The molecule has 1 atom stereocenters. The van der Waals surface area contributed by atoms with E-state index in [1.165, 1.54) is 11.3 Å². The van der Waals surface area contributed by atoms with Gasteiger partial charge in [-0.25, -0.2) is 4.98 Å². The van der Waals surface area contributed by atoms with E-state index in [0.717, 1.165) is 24.5 Å². The molecular weight excluding hydrogens is 304 g/mol. The Hall–Kier alpha value is -1.47. The minimum atomic E-state index is -0.897. The van der Waals surface area contributed by atoms with Gasteiger partial charge in [0.25, 0.3) is 5.91 Å². The smallest absolute Gasteiger partial charge is 0.305 e. The highest BCUT2D eigenvalue weighted by atomic mass is 32.1. The molecular formula is C15H22N2O4S. The highest BCUT2D eigenvalue weighted by Crippen LogP contribution is 2.31. The third-order valence-corrected chi connectivity index (χ3v) is 4.49. The van der Waals surface area contributed by atoms with E-state index >= 15 is 0 Å². The topological polar surface area (TPSA) is 79.7 Å². The van der Waals surface area contributed by atoms with Crippen molar-refractivity contribution < 1.29 is 19.4 Å². The monoisotopic (exact) mass is 326 g/mol. The lowest BCUT2D eigenvalue weighted by Crippen LogP contribution is -2.35. The van der Waals surface area contributed by atoms with Crippen LogP contribution in [0.1, 0.15) is 53.9 Å². The number of carboxylic acids is 1. The standard InChI is InChI=1S/C15H22N2O4S/c1-10(2)9-17(6-5-13(18)19)15(20)12-8-16-14(22-12)11-4-3-7-21-11/h8,10-11H,3-7,9H2,1-2H3,(H,18,19). The number of thiazole rings is 1. The van der Waals surface area contributed by atoms with Gasteiger partial charge in [-0.1, -0.05) is 13.8 Å². The first-order chi connectivity index (χ1) is 10.5. The van der Waals surface area contributed by atoms with Gasteiger partial charge in [-0.3, -0.25) is 9.59 Å². The lowest BCUT2D eigenvalue weighted by atomic mass is 10.2. The Bertz CT molecular complexity index is 523. The van der Waals surface area contributed by atoms with Gasteiger partial charge in [0.1, 0.15) is 16.0 Å². The van der Waals surface area contributed by atoms with E-state index in [2.05, 4.69) is 4.98 Å². The Balaban J connectivity index is 2.06. The molecule has 1 aliphatic rings. The molecule has 1 aliphatic heterocycles. The molecule has 0 aliphatic carbocycles. The third kappa shape index (κ3) is 4.51. The number of ether oxygens (including phenoxy) is 1. The molecule has 1 amide bonds. The Morgan fingerprint density at radius 1 is 1.55 bits per heavy atom. The quantitative estimate of drug-likeness (QED) is 0.833. The summed E-state index contributed by atoms with van der Waals surface area (Å²) in [5, 5.41) is 9.67. The van der Waals surface area contributed by atoms with E-state index in [-0.39, 0.29) is 30.9 Å². The summed E-state index contributed by atoms with van der Waals surface area (Å²) in [6, 6.07) is 0. The van der Waals surface area contributed by atoms with Crippen LogP contribution in [0.5, 0.6) is 0 Å².